The Morgan fingerprint density at radius 2 is 1.39 bits per heavy atom. The van der Waals surface area contributed by atoms with Crippen LogP contribution in [0.1, 0.15) is 54.6 Å². The second-order valence-corrected chi connectivity index (χ2v) is 14.2. The van der Waals surface area contributed by atoms with Crippen LogP contribution in [0.3, 0.4) is 0 Å². The Labute approximate surface area is 255 Å². The molecule has 2 aromatic carbocycles. The van der Waals surface area contributed by atoms with Gasteiger partial charge < -0.3 is 0 Å². The predicted octanol–water partition coefficient (Wildman–Crippen LogP) is 7.12. The van der Waals surface area contributed by atoms with Gasteiger partial charge in [0.15, 0.2) is 11.6 Å². The van der Waals surface area contributed by atoms with Gasteiger partial charge in [0.1, 0.15) is 0 Å². The van der Waals surface area contributed by atoms with Crippen molar-refractivity contribution in [1.82, 2.24) is 19.3 Å². The fourth-order valence-corrected chi connectivity index (χ4v) is 4.74. The van der Waals surface area contributed by atoms with Crippen molar-refractivity contribution in [2.75, 3.05) is 11.9 Å². The van der Waals surface area contributed by atoms with Crippen molar-refractivity contribution in [3.05, 3.63) is 65.7 Å². The van der Waals surface area contributed by atoms with E-state index in [0.29, 0.717) is 27.9 Å². The summed E-state index contributed by atoms with van der Waals surface area (Å²) in [7, 11) is 0. The zero-order valence-electron chi connectivity index (χ0n) is 19.9. The molecule has 0 saturated heterocycles. The van der Waals surface area contributed by atoms with Crippen molar-refractivity contribution >= 4 is 85.7 Å². The minimum absolute atomic E-state index is 0.115. The van der Waals surface area contributed by atoms with Gasteiger partial charge in [0.2, 0.25) is 7.59 Å². The van der Waals surface area contributed by atoms with Crippen LogP contribution >= 0.6 is 69.6 Å². The summed E-state index contributed by atoms with van der Waals surface area (Å²) < 4.78 is 12.2. The van der Waals surface area contributed by atoms with Crippen LogP contribution in [0.5, 0.6) is 0 Å². The molecule has 7 nitrogen and oxygen atoms in total. The number of anilines is 1. The SMILES string of the molecule is CCCCCC[NH][Co](=[O])[c]1ccc(C(=O)Nc2ccc(-c3nc(C(Cl)(Cl)Cl)nc(C(Cl)(Cl)Cl)n3)cc2)cc1. The Balaban J connectivity index is 1.67. The van der Waals surface area contributed by atoms with Crippen LogP contribution in [-0.4, -0.2) is 27.4 Å². The van der Waals surface area contributed by atoms with Crippen molar-refractivity contribution in [3.8, 4) is 11.4 Å². The third-order valence-corrected chi connectivity index (χ3v) is 7.53. The number of amides is 1. The van der Waals surface area contributed by atoms with Crippen molar-refractivity contribution in [2.45, 2.75) is 40.2 Å². The molecule has 0 aliphatic carbocycles. The van der Waals surface area contributed by atoms with Crippen molar-refractivity contribution < 1.29 is 22.5 Å². The van der Waals surface area contributed by atoms with Crippen LogP contribution in [0.15, 0.2) is 48.5 Å². The number of halogens is 6. The van der Waals surface area contributed by atoms with E-state index in [1.165, 1.54) is 0 Å². The van der Waals surface area contributed by atoms with E-state index in [1.54, 1.807) is 48.5 Å². The number of aromatic nitrogens is 3. The topological polar surface area (TPSA) is 96.9 Å². The molecule has 0 bridgehead atoms. The van der Waals surface area contributed by atoms with Gasteiger partial charge in [-0.2, -0.15) is 0 Å². The van der Waals surface area contributed by atoms with Crippen molar-refractivity contribution in [2.24, 2.45) is 0 Å². The van der Waals surface area contributed by atoms with Gasteiger partial charge in [0.25, 0.3) is 0 Å². The molecule has 3 aromatic rings. The average Bonchev–Trinajstić information content (AvgIpc) is 2.87. The van der Waals surface area contributed by atoms with Crippen LogP contribution < -0.4 is 14.2 Å². The second-order valence-electron chi connectivity index (χ2n) is 7.96. The number of unbranched alkanes of at least 4 members (excludes halogenated alkanes) is 3. The maximum absolute atomic E-state index is 12.7. The Kier molecular flexibility index (Phi) is 11.6. The van der Waals surface area contributed by atoms with E-state index in [0.717, 1.165) is 25.7 Å². The fourth-order valence-electron chi connectivity index (χ4n) is 3.11. The molecular weight excluding hydrogens is 662 g/mol. The minimum atomic E-state index is -1.97. The van der Waals surface area contributed by atoms with Gasteiger partial charge in [-0.05, 0) is 0 Å². The quantitative estimate of drug-likeness (QED) is 0.175. The molecular formula is C24H23Cl6CoN5O2. The molecule has 3 rings (SSSR count). The van der Waals surface area contributed by atoms with Crippen LogP contribution in [-0.2, 0) is 25.3 Å². The van der Waals surface area contributed by atoms with Crippen LogP contribution in [0.2, 0.25) is 0 Å². The zero-order chi connectivity index (χ0) is 27.9. The van der Waals surface area contributed by atoms with Crippen molar-refractivity contribution in [3.63, 3.8) is 0 Å². The number of hydrogen-bond donors (Lipinski definition) is 2. The Morgan fingerprint density at radius 1 is 0.816 bits per heavy atom. The summed E-state index contributed by atoms with van der Waals surface area (Å²) in [6, 6.07) is 13.2. The van der Waals surface area contributed by atoms with E-state index >= 15 is 0 Å². The van der Waals surface area contributed by atoms with Crippen LogP contribution in [0.25, 0.3) is 11.4 Å². The average molecular weight is 685 g/mol. The summed E-state index contributed by atoms with van der Waals surface area (Å²) in [6.45, 7) is 2.83. The molecule has 38 heavy (non-hydrogen) atoms. The van der Waals surface area contributed by atoms with E-state index in [4.69, 9.17) is 69.6 Å². The molecule has 0 spiro atoms. The van der Waals surface area contributed by atoms with Gasteiger partial charge >= 0.3 is 163 Å². The summed E-state index contributed by atoms with van der Waals surface area (Å²) in [5.41, 5.74) is 1.44. The molecule has 0 aliphatic heterocycles. The first-order valence-corrected chi connectivity index (χ1v) is 15.1. The summed E-state index contributed by atoms with van der Waals surface area (Å²) in [5.74, 6) is -0.626. The van der Waals surface area contributed by atoms with E-state index in [1.807, 2.05) is 0 Å². The maximum atomic E-state index is 12.7. The first-order chi connectivity index (χ1) is 17.9. The number of carbonyl (C=O) groups is 1. The van der Waals surface area contributed by atoms with Gasteiger partial charge in [-0.15, -0.1) is 0 Å². The molecule has 0 saturated carbocycles. The van der Waals surface area contributed by atoms with Gasteiger partial charge in [0, 0.05) is 0 Å². The summed E-state index contributed by atoms with van der Waals surface area (Å²) >= 11 is 33.9. The first-order valence-electron chi connectivity index (χ1n) is 11.4. The molecule has 0 unspecified atom stereocenters. The van der Waals surface area contributed by atoms with Gasteiger partial charge in [-0.25, -0.2) is 4.98 Å². The normalized spacial score (nSPS) is 12.3. The molecule has 0 aliphatic rings. The first kappa shape index (κ1) is 31.5. The monoisotopic (exact) mass is 682 g/mol. The Morgan fingerprint density at radius 3 is 1.92 bits per heavy atom. The Hall–Kier alpha value is -1.07. The van der Waals surface area contributed by atoms with Gasteiger partial charge in [-0.1, -0.05) is 69.6 Å². The fraction of sp³-hybridized carbons (Fsp3) is 0.333. The third-order valence-electron chi connectivity index (χ3n) is 5.03. The molecule has 2 N–H and O–H groups in total. The zero-order valence-corrected chi connectivity index (χ0v) is 25.5. The summed E-state index contributed by atoms with van der Waals surface area (Å²) in [4.78, 5) is 25.0. The summed E-state index contributed by atoms with van der Waals surface area (Å²) in [6.07, 6.45) is 4.39. The molecule has 1 heterocycles. The molecule has 0 atom stereocenters. The third kappa shape index (κ3) is 9.25. The van der Waals surface area contributed by atoms with Gasteiger partial charge in [0.05, 0.1) is 0 Å². The standard InChI is InChI=1S/C18H9Cl6N4O.C6H14N.Co.O/c19-17(20,21)15-26-13(27-16(28-15)18(22,23)24)10-6-8-12(9-7-10)25-14(29)11-4-2-1-3-5-11;1-2-3-4-5-6-7;;/h2-9H,(H,25,29);7H,2-6H2,1H3;;/q;-1;+1;. The molecule has 1 amide bonds. The van der Waals surface area contributed by atoms with Crippen LogP contribution in [0.4, 0.5) is 5.69 Å². The number of alkyl halides is 6. The molecule has 0 fully saturated rings. The Bertz CT molecular complexity index is 1230. The van der Waals surface area contributed by atoms with E-state index in [2.05, 4.69) is 31.6 Å². The number of rotatable bonds is 10. The molecule has 207 valence electrons. The number of nitrogens with zero attached hydrogens (tertiary/aromatic N) is 3. The number of hydrogen-bond acceptors (Lipinski definition) is 5. The van der Waals surface area contributed by atoms with E-state index < -0.39 is 21.4 Å². The van der Waals surface area contributed by atoms with Crippen LogP contribution in [0, 0.1) is 0 Å². The number of nitrogens with one attached hydrogen (secondary N) is 2. The summed E-state index contributed by atoms with van der Waals surface area (Å²) in [5, 5.41) is 2.80. The molecule has 0 radical (unpaired) electrons. The van der Waals surface area contributed by atoms with E-state index in [9.17, 15) is 8.66 Å². The van der Waals surface area contributed by atoms with Crippen molar-refractivity contribution in [1.29, 1.82) is 0 Å². The predicted molar refractivity (Wildman–Crippen MR) is 151 cm³/mol. The molecule has 1 aromatic heterocycles. The number of carbonyl (C=O) groups excluding carboxylic acids is 1. The number of benzene rings is 2. The second kappa shape index (κ2) is 14.0. The van der Waals surface area contributed by atoms with E-state index in [-0.39, 0.29) is 23.4 Å². The van der Waals surface area contributed by atoms with Gasteiger partial charge in [-0.3, -0.25) is 0 Å². The molecule has 14 heteroatoms.